The first-order chi connectivity index (χ1) is 7.69. The first kappa shape index (κ1) is 13.7. The molecule has 3 nitrogen and oxygen atoms in total. The van der Waals surface area contributed by atoms with Crippen LogP contribution in [-0.2, 0) is 0 Å². The van der Waals surface area contributed by atoms with Crippen molar-refractivity contribution in [1.29, 1.82) is 0 Å². The summed E-state index contributed by atoms with van der Waals surface area (Å²) in [5, 5.41) is 0. The maximum Gasteiger partial charge on any atom is 0.573 e. The van der Waals surface area contributed by atoms with Gasteiger partial charge >= 0.3 is 6.36 Å². The largest absolute Gasteiger partial charge is 0.573 e. The molecule has 1 rings (SSSR count). The first-order valence-corrected chi connectivity index (χ1v) is 5.27. The van der Waals surface area contributed by atoms with Crippen LogP contribution in [0.3, 0.4) is 0 Å². The Kier molecular flexibility index (Phi) is 3.92. The van der Waals surface area contributed by atoms with E-state index in [-0.39, 0.29) is 5.69 Å². The zero-order valence-corrected chi connectivity index (χ0v) is 10.4. The lowest BCUT2D eigenvalue weighted by Gasteiger charge is -2.13. The van der Waals surface area contributed by atoms with Gasteiger partial charge < -0.3 is 16.2 Å². The molecule has 1 aromatic rings. The standard InChI is InChI=1S/C10H10BrF3N2O/c1-5(15)2-6-3-7(11)4-8(9(6)16)17-10(12,13)14/h2-4H,15-16H2,1H3/b5-2-. The number of anilines is 1. The van der Waals surface area contributed by atoms with Crippen molar-refractivity contribution in [2.45, 2.75) is 13.3 Å². The zero-order chi connectivity index (χ0) is 13.2. The Bertz CT molecular complexity index is 454. The van der Waals surface area contributed by atoms with Gasteiger partial charge in [0.1, 0.15) is 0 Å². The van der Waals surface area contributed by atoms with Crippen molar-refractivity contribution in [1.82, 2.24) is 0 Å². The summed E-state index contributed by atoms with van der Waals surface area (Å²) < 4.78 is 40.6. The molecule has 0 unspecified atom stereocenters. The van der Waals surface area contributed by atoms with Crippen LogP contribution < -0.4 is 16.2 Å². The fraction of sp³-hybridized carbons (Fsp3) is 0.200. The molecule has 0 aliphatic rings. The molecule has 0 bridgehead atoms. The van der Waals surface area contributed by atoms with Crippen molar-refractivity contribution in [2.24, 2.45) is 5.73 Å². The molecule has 0 aliphatic heterocycles. The molecule has 0 saturated carbocycles. The fourth-order valence-corrected chi connectivity index (χ4v) is 1.64. The van der Waals surface area contributed by atoms with Crippen LogP contribution in [0.1, 0.15) is 12.5 Å². The smallest absolute Gasteiger partial charge is 0.404 e. The molecule has 7 heteroatoms. The van der Waals surface area contributed by atoms with Crippen LogP contribution >= 0.6 is 15.9 Å². The molecule has 4 N–H and O–H groups in total. The lowest BCUT2D eigenvalue weighted by Crippen LogP contribution is -2.18. The van der Waals surface area contributed by atoms with Crippen molar-refractivity contribution in [3.05, 3.63) is 27.9 Å². The summed E-state index contributed by atoms with van der Waals surface area (Å²) in [6.45, 7) is 1.60. The van der Waals surface area contributed by atoms with Crippen LogP contribution in [0.4, 0.5) is 18.9 Å². The second kappa shape index (κ2) is 4.87. The van der Waals surface area contributed by atoms with E-state index in [2.05, 4.69) is 20.7 Å². The highest BCUT2D eigenvalue weighted by Gasteiger charge is 2.32. The van der Waals surface area contributed by atoms with Gasteiger partial charge in [0.2, 0.25) is 0 Å². The van der Waals surface area contributed by atoms with Gasteiger partial charge in [-0.3, -0.25) is 0 Å². The van der Waals surface area contributed by atoms with Crippen molar-refractivity contribution < 1.29 is 17.9 Å². The highest BCUT2D eigenvalue weighted by Crippen LogP contribution is 2.34. The summed E-state index contributed by atoms with van der Waals surface area (Å²) >= 11 is 3.07. The number of ether oxygens (including phenoxy) is 1. The van der Waals surface area contributed by atoms with Crippen LogP contribution in [0.25, 0.3) is 6.08 Å². The molecule has 0 aliphatic carbocycles. The Hall–Kier alpha value is -1.37. The minimum Gasteiger partial charge on any atom is -0.404 e. The number of alkyl halides is 3. The van der Waals surface area contributed by atoms with Gasteiger partial charge in [0.05, 0.1) is 5.69 Å². The maximum atomic E-state index is 12.1. The van der Waals surface area contributed by atoms with E-state index in [0.29, 0.717) is 15.7 Å². The normalized spacial score (nSPS) is 12.6. The molecular formula is C10H10BrF3N2O. The van der Waals surface area contributed by atoms with Gasteiger partial charge in [-0.05, 0) is 25.1 Å². The van der Waals surface area contributed by atoms with Gasteiger partial charge in [0.15, 0.2) is 5.75 Å². The van der Waals surface area contributed by atoms with Crippen LogP contribution in [0, 0.1) is 0 Å². The Morgan fingerprint density at radius 2 is 2.00 bits per heavy atom. The Labute approximate surface area is 104 Å². The number of hydrogen-bond acceptors (Lipinski definition) is 3. The number of rotatable bonds is 2. The lowest BCUT2D eigenvalue weighted by atomic mass is 10.1. The minimum atomic E-state index is -4.78. The number of halogens is 4. The van der Waals surface area contributed by atoms with Crippen molar-refractivity contribution in [2.75, 3.05) is 5.73 Å². The minimum absolute atomic E-state index is 0.115. The van der Waals surface area contributed by atoms with E-state index in [1.54, 1.807) is 13.0 Å². The first-order valence-electron chi connectivity index (χ1n) is 4.47. The molecule has 0 radical (unpaired) electrons. The average Bonchev–Trinajstić information content (AvgIpc) is 2.09. The van der Waals surface area contributed by atoms with Crippen LogP contribution in [0.2, 0.25) is 0 Å². The molecule has 0 spiro atoms. The molecule has 0 aromatic heterocycles. The molecule has 94 valence electrons. The average molecular weight is 311 g/mol. The van der Waals surface area contributed by atoms with Gasteiger partial charge in [0, 0.05) is 15.7 Å². The molecular weight excluding hydrogens is 301 g/mol. The van der Waals surface area contributed by atoms with E-state index in [9.17, 15) is 13.2 Å². The monoisotopic (exact) mass is 310 g/mol. The third-order valence-electron chi connectivity index (χ3n) is 1.75. The molecule has 0 saturated heterocycles. The Morgan fingerprint density at radius 3 is 2.47 bits per heavy atom. The van der Waals surface area contributed by atoms with E-state index < -0.39 is 12.1 Å². The molecule has 17 heavy (non-hydrogen) atoms. The Morgan fingerprint density at radius 1 is 1.41 bits per heavy atom. The molecule has 0 fully saturated rings. The number of benzene rings is 1. The predicted molar refractivity (Wildman–Crippen MR) is 63.1 cm³/mol. The maximum absolute atomic E-state index is 12.1. The topological polar surface area (TPSA) is 61.3 Å². The summed E-state index contributed by atoms with van der Waals surface area (Å²) in [5.41, 5.74) is 11.7. The van der Waals surface area contributed by atoms with Crippen LogP contribution in [0.5, 0.6) is 5.75 Å². The molecule has 0 heterocycles. The number of nitrogens with two attached hydrogens (primary N) is 2. The second-order valence-electron chi connectivity index (χ2n) is 3.34. The van der Waals surface area contributed by atoms with Crippen LogP contribution in [-0.4, -0.2) is 6.36 Å². The van der Waals surface area contributed by atoms with Gasteiger partial charge in [-0.2, -0.15) is 0 Å². The zero-order valence-electron chi connectivity index (χ0n) is 8.81. The quantitative estimate of drug-likeness (QED) is 0.824. The molecule has 0 amide bonds. The van der Waals surface area contributed by atoms with Gasteiger partial charge in [-0.15, -0.1) is 13.2 Å². The Balaban J connectivity index is 3.24. The second-order valence-corrected chi connectivity index (χ2v) is 4.26. The third kappa shape index (κ3) is 4.18. The van der Waals surface area contributed by atoms with Crippen molar-refractivity contribution >= 4 is 27.7 Å². The summed E-state index contributed by atoms with van der Waals surface area (Å²) in [5.74, 6) is -0.459. The summed E-state index contributed by atoms with van der Waals surface area (Å²) in [7, 11) is 0. The van der Waals surface area contributed by atoms with Crippen molar-refractivity contribution in [3.63, 3.8) is 0 Å². The highest BCUT2D eigenvalue weighted by atomic mass is 79.9. The number of nitrogen functional groups attached to an aromatic ring is 1. The number of hydrogen-bond donors (Lipinski definition) is 2. The van der Waals surface area contributed by atoms with Gasteiger partial charge in [-0.1, -0.05) is 15.9 Å². The van der Waals surface area contributed by atoms with Crippen LogP contribution in [0.15, 0.2) is 22.3 Å². The van der Waals surface area contributed by atoms with Gasteiger partial charge in [-0.25, -0.2) is 0 Å². The fourth-order valence-electron chi connectivity index (χ4n) is 1.19. The van der Waals surface area contributed by atoms with E-state index in [1.807, 2.05) is 0 Å². The van der Waals surface area contributed by atoms with Crippen molar-refractivity contribution in [3.8, 4) is 5.75 Å². The highest BCUT2D eigenvalue weighted by molar-refractivity contribution is 9.10. The summed E-state index contributed by atoms with van der Waals surface area (Å²) in [6.07, 6.45) is -3.32. The summed E-state index contributed by atoms with van der Waals surface area (Å²) in [4.78, 5) is 0. The van der Waals surface area contributed by atoms with E-state index >= 15 is 0 Å². The van der Waals surface area contributed by atoms with Gasteiger partial charge in [0.25, 0.3) is 0 Å². The number of allylic oxidation sites excluding steroid dienone is 1. The summed E-state index contributed by atoms with van der Waals surface area (Å²) in [6, 6.07) is 2.70. The molecule has 0 atom stereocenters. The predicted octanol–water partition coefficient (Wildman–Crippen LogP) is 3.25. The SMILES string of the molecule is C/C(N)=C/c1cc(Br)cc(OC(F)(F)F)c1N. The lowest BCUT2D eigenvalue weighted by molar-refractivity contribution is -0.274. The van der Waals surface area contributed by atoms with E-state index in [0.717, 1.165) is 6.07 Å². The molecule has 1 aromatic carbocycles. The van der Waals surface area contributed by atoms with E-state index in [4.69, 9.17) is 11.5 Å². The van der Waals surface area contributed by atoms with E-state index in [1.165, 1.54) is 6.08 Å². The third-order valence-corrected chi connectivity index (χ3v) is 2.21.